The Kier molecular flexibility index (Phi) is 7.83. The number of benzene rings is 4. The van der Waals surface area contributed by atoms with Crippen molar-refractivity contribution in [1.29, 1.82) is 0 Å². The first-order chi connectivity index (χ1) is 16.8. The molecule has 4 aromatic carbocycles. The Morgan fingerprint density at radius 2 is 0.829 bits per heavy atom. The molecule has 0 saturated heterocycles. The number of hydrogen-bond donors (Lipinski definition) is 0. The summed E-state index contributed by atoms with van der Waals surface area (Å²) in [4.78, 5) is 0. The van der Waals surface area contributed by atoms with Gasteiger partial charge in [-0.15, -0.1) is 0 Å². The van der Waals surface area contributed by atoms with Gasteiger partial charge >= 0.3 is 0 Å². The van der Waals surface area contributed by atoms with Gasteiger partial charge in [-0.05, 0) is 68.6 Å². The average molecular weight is 479 g/mol. The van der Waals surface area contributed by atoms with Crippen molar-refractivity contribution in [2.45, 2.75) is 59.3 Å². The van der Waals surface area contributed by atoms with Crippen molar-refractivity contribution in [3.63, 3.8) is 0 Å². The lowest BCUT2D eigenvalue weighted by Gasteiger charge is -2.31. The molecule has 4 aromatic rings. The molecule has 35 heavy (non-hydrogen) atoms. The second-order valence-electron chi connectivity index (χ2n) is 10.4. The Balaban J connectivity index is 2.23. The molecule has 0 fully saturated rings. The standard InChI is InChI=1S/C34H39P/c1-25(2)28-22-32(26(3)4)34(33(23-28)27(5)6)24-35(29-16-10-7-11-17-29,30-18-12-8-13-19-30)31-20-14-9-15-21-31/h7-27H,1-6H3. The van der Waals surface area contributed by atoms with Gasteiger partial charge in [-0.3, -0.25) is 0 Å². The first-order valence-electron chi connectivity index (χ1n) is 12.9. The van der Waals surface area contributed by atoms with Crippen LogP contribution in [-0.2, 0) is 0 Å². The van der Waals surface area contributed by atoms with E-state index < -0.39 is 6.89 Å². The second-order valence-corrected chi connectivity index (χ2v) is 13.7. The topological polar surface area (TPSA) is 0 Å². The molecule has 0 spiro atoms. The normalized spacial score (nSPS) is 11.9. The largest absolute Gasteiger partial charge is 0.0622 e. The van der Waals surface area contributed by atoms with Crippen LogP contribution in [0.15, 0.2) is 103 Å². The van der Waals surface area contributed by atoms with Gasteiger partial charge in [0.2, 0.25) is 0 Å². The highest BCUT2D eigenvalue weighted by molar-refractivity contribution is 7.94. The first kappa shape index (κ1) is 25.3. The quantitative estimate of drug-likeness (QED) is 0.235. The summed E-state index contributed by atoms with van der Waals surface area (Å²) in [5.74, 6) is 4.08. The Hall–Kier alpha value is -2.82. The van der Waals surface area contributed by atoms with Crippen molar-refractivity contribution in [3.05, 3.63) is 125 Å². The molecule has 180 valence electrons. The highest BCUT2D eigenvalue weighted by Crippen LogP contribution is 2.46. The number of hydrogen-bond acceptors (Lipinski definition) is 0. The summed E-state index contributed by atoms with van der Waals surface area (Å²) in [6.45, 7) is 11.9. The van der Waals surface area contributed by atoms with E-state index in [4.69, 9.17) is 0 Å². The third-order valence-electron chi connectivity index (χ3n) is 6.99. The van der Waals surface area contributed by atoms with Crippen LogP contribution in [0.5, 0.6) is 0 Å². The summed E-state index contributed by atoms with van der Waals surface area (Å²) in [7, 11) is 0. The van der Waals surface area contributed by atoms with Crippen LogP contribution < -0.4 is 15.9 Å². The molecule has 0 amide bonds. The van der Waals surface area contributed by atoms with Gasteiger partial charge in [-0.2, -0.15) is 0 Å². The van der Waals surface area contributed by atoms with Crippen LogP contribution in [0.4, 0.5) is 0 Å². The highest BCUT2D eigenvalue weighted by atomic mass is 31.2. The van der Waals surface area contributed by atoms with Crippen LogP contribution in [0.3, 0.4) is 0 Å². The molecule has 0 aliphatic rings. The SMILES string of the molecule is CC(C)c1cc(C(C)C)c(C=P(c2ccccc2)(c2ccccc2)c2ccccc2)c(C(C)C)c1. The van der Waals surface area contributed by atoms with Crippen molar-refractivity contribution in [2.24, 2.45) is 0 Å². The van der Waals surface area contributed by atoms with Gasteiger partial charge < -0.3 is 0 Å². The Labute approximate surface area is 213 Å². The number of rotatable bonds is 7. The van der Waals surface area contributed by atoms with Crippen LogP contribution in [0.25, 0.3) is 0 Å². The van der Waals surface area contributed by atoms with E-state index >= 15 is 0 Å². The summed E-state index contributed by atoms with van der Waals surface area (Å²) in [5, 5.41) is 4.19. The lowest BCUT2D eigenvalue weighted by Crippen LogP contribution is -2.27. The van der Waals surface area contributed by atoms with Gasteiger partial charge in [0.05, 0.1) is 0 Å². The van der Waals surface area contributed by atoms with E-state index in [0.717, 1.165) is 0 Å². The molecule has 0 radical (unpaired) electrons. The monoisotopic (exact) mass is 478 g/mol. The molecule has 0 heterocycles. The molecule has 0 nitrogen and oxygen atoms in total. The van der Waals surface area contributed by atoms with Gasteiger partial charge in [-0.1, -0.05) is 145 Å². The molecule has 0 saturated carbocycles. The van der Waals surface area contributed by atoms with Crippen LogP contribution in [-0.4, -0.2) is 5.80 Å². The van der Waals surface area contributed by atoms with Gasteiger partial charge in [0, 0.05) is 0 Å². The summed E-state index contributed by atoms with van der Waals surface area (Å²) >= 11 is 0. The molecule has 0 atom stereocenters. The van der Waals surface area contributed by atoms with Crippen LogP contribution >= 0.6 is 6.89 Å². The van der Waals surface area contributed by atoms with E-state index in [1.807, 2.05) is 0 Å². The van der Waals surface area contributed by atoms with E-state index in [9.17, 15) is 0 Å². The van der Waals surface area contributed by atoms with Crippen molar-refractivity contribution in [2.75, 3.05) is 0 Å². The fourth-order valence-electron chi connectivity index (χ4n) is 5.01. The fourth-order valence-corrected chi connectivity index (χ4v) is 8.97. The summed E-state index contributed by atoms with van der Waals surface area (Å²) in [6, 6.07) is 38.5. The van der Waals surface area contributed by atoms with Crippen LogP contribution in [0.1, 0.15) is 81.5 Å². The van der Waals surface area contributed by atoms with Gasteiger partial charge in [-0.25, -0.2) is 0 Å². The molecule has 0 aliphatic carbocycles. The average Bonchev–Trinajstić information content (AvgIpc) is 2.88. The molecule has 1 heteroatoms. The van der Waals surface area contributed by atoms with Gasteiger partial charge in [0.1, 0.15) is 0 Å². The predicted octanol–water partition coefficient (Wildman–Crippen LogP) is 8.20. The maximum atomic E-state index is 2.68. The fraction of sp³-hybridized carbons (Fsp3) is 0.265. The van der Waals surface area contributed by atoms with Crippen molar-refractivity contribution < 1.29 is 0 Å². The predicted molar refractivity (Wildman–Crippen MR) is 159 cm³/mol. The maximum absolute atomic E-state index is 2.68. The minimum Gasteiger partial charge on any atom is -0.0622 e. The zero-order valence-corrected chi connectivity index (χ0v) is 23.0. The lowest BCUT2D eigenvalue weighted by atomic mass is 9.85. The Morgan fingerprint density at radius 3 is 1.11 bits per heavy atom. The third kappa shape index (κ3) is 5.10. The third-order valence-corrected chi connectivity index (χ3v) is 11.0. The summed E-state index contributed by atoms with van der Waals surface area (Å²) in [6.07, 6.45) is 0. The molecular weight excluding hydrogens is 439 g/mol. The summed E-state index contributed by atoms with van der Waals surface area (Å²) < 4.78 is 0. The Morgan fingerprint density at radius 1 is 0.486 bits per heavy atom. The Bertz CT molecular complexity index is 1160. The second kappa shape index (κ2) is 10.8. The smallest absolute Gasteiger partial charge is 0.0160 e. The van der Waals surface area contributed by atoms with Crippen molar-refractivity contribution in [3.8, 4) is 0 Å². The van der Waals surface area contributed by atoms with E-state index in [-0.39, 0.29) is 0 Å². The highest BCUT2D eigenvalue weighted by Gasteiger charge is 2.27. The first-order valence-corrected chi connectivity index (χ1v) is 14.8. The zero-order valence-electron chi connectivity index (χ0n) is 22.1. The zero-order chi connectivity index (χ0) is 25.0. The van der Waals surface area contributed by atoms with Crippen molar-refractivity contribution >= 4 is 28.6 Å². The van der Waals surface area contributed by atoms with Gasteiger partial charge in [0.25, 0.3) is 0 Å². The molecule has 0 unspecified atom stereocenters. The van der Waals surface area contributed by atoms with Crippen LogP contribution in [0.2, 0.25) is 0 Å². The molecule has 0 aromatic heterocycles. The van der Waals surface area contributed by atoms with E-state index in [0.29, 0.717) is 17.8 Å². The van der Waals surface area contributed by atoms with Gasteiger partial charge in [0.15, 0.2) is 0 Å². The molecule has 4 rings (SSSR count). The summed E-state index contributed by atoms with van der Waals surface area (Å²) in [5.41, 5.74) is 5.81. The molecular formula is C34H39P. The lowest BCUT2D eigenvalue weighted by molar-refractivity contribution is 0.802. The van der Waals surface area contributed by atoms with E-state index in [2.05, 4.69) is 150 Å². The molecule has 0 N–H and O–H groups in total. The van der Waals surface area contributed by atoms with E-state index in [1.165, 1.54) is 38.2 Å². The minimum atomic E-state index is -2.07. The van der Waals surface area contributed by atoms with Crippen LogP contribution in [0, 0.1) is 0 Å². The molecule has 0 bridgehead atoms. The minimum absolute atomic E-state index is 0.446. The molecule has 0 aliphatic heterocycles. The van der Waals surface area contributed by atoms with E-state index in [1.54, 1.807) is 0 Å². The maximum Gasteiger partial charge on any atom is -0.0160 e. The van der Waals surface area contributed by atoms with Crippen molar-refractivity contribution in [1.82, 2.24) is 0 Å².